The van der Waals surface area contributed by atoms with Crippen LogP contribution in [0.2, 0.25) is 5.15 Å². The van der Waals surface area contributed by atoms with E-state index in [1.54, 1.807) is 12.1 Å². The molecular formula is C17H17ClN2O3S. The molecule has 1 aliphatic carbocycles. The summed E-state index contributed by atoms with van der Waals surface area (Å²) in [4.78, 5) is 29.7. The van der Waals surface area contributed by atoms with Gasteiger partial charge in [0.25, 0.3) is 5.91 Å². The van der Waals surface area contributed by atoms with Crippen LogP contribution in [0.3, 0.4) is 0 Å². The van der Waals surface area contributed by atoms with Gasteiger partial charge in [-0.1, -0.05) is 18.0 Å². The molecule has 0 spiro atoms. The van der Waals surface area contributed by atoms with Crippen LogP contribution in [0, 0.1) is 0 Å². The third kappa shape index (κ3) is 3.44. The first kappa shape index (κ1) is 16.9. The van der Waals surface area contributed by atoms with E-state index in [0.717, 1.165) is 42.5 Å². The van der Waals surface area contributed by atoms with Gasteiger partial charge < -0.3 is 10.1 Å². The van der Waals surface area contributed by atoms with Crippen molar-refractivity contribution in [2.75, 3.05) is 12.4 Å². The zero-order valence-electron chi connectivity index (χ0n) is 13.2. The second-order valence-electron chi connectivity index (χ2n) is 5.58. The van der Waals surface area contributed by atoms with Crippen LogP contribution in [-0.2, 0) is 17.6 Å². The smallest absolute Gasteiger partial charge is 0.341 e. The Hall–Kier alpha value is -1.92. The van der Waals surface area contributed by atoms with Crippen molar-refractivity contribution in [3.8, 4) is 0 Å². The summed E-state index contributed by atoms with van der Waals surface area (Å²) in [5.41, 5.74) is 1.90. The normalized spacial score (nSPS) is 13.8. The maximum absolute atomic E-state index is 12.4. The van der Waals surface area contributed by atoms with Crippen molar-refractivity contribution in [3.05, 3.63) is 45.1 Å². The highest BCUT2D eigenvalue weighted by molar-refractivity contribution is 7.17. The van der Waals surface area contributed by atoms with Crippen molar-refractivity contribution < 1.29 is 14.3 Å². The second-order valence-corrected chi connectivity index (χ2v) is 7.08. The van der Waals surface area contributed by atoms with Gasteiger partial charge in [-0.25, -0.2) is 9.78 Å². The first-order chi connectivity index (χ1) is 11.6. The van der Waals surface area contributed by atoms with E-state index in [2.05, 4.69) is 10.3 Å². The number of aromatic nitrogens is 1. The molecule has 0 bridgehead atoms. The van der Waals surface area contributed by atoms with Gasteiger partial charge in [0.05, 0.1) is 18.2 Å². The number of anilines is 1. The highest BCUT2D eigenvalue weighted by Crippen LogP contribution is 2.38. The van der Waals surface area contributed by atoms with Gasteiger partial charge in [0.1, 0.15) is 10.2 Å². The largest absolute Gasteiger partial charge is 0.465 e. The van der Waals surface area contributed by atoms with Crippen molar-refractivity contribution in [3.63, 3.8) is 0 Å². The van der Waals surface area contributed by atoms with Gasteiger partial charge in [-0.3, -0.25) is 4.79 Å². The third-order valence-corrected chi connectivity index (χ3v) is 5.46. The highest BCUT2D eigenvalue weighted by atomic mass is 35.5. The Bertz CT molecular complexity index is 771. The number of amides is 1. The molecule has 0 aliphatic heterocycles. The summed E-state index contributed by atoms with van der Waals surface area (Å²) in [6.07, 6.45) is 6.48. The van der Waals surface area contributed by atoms with Crippen LogP contribution in [0.15, 0.2) is 18.3 Å². The van der Waals surface area contributed by atoms with Crippen molar-refractivity contribution >= 4 is 39.8 Å². The van der Waals surface area contributed by atoms with Gasteiger partial charge in [0.2, 0.25) is 0 Å². The fourth-order valence-corrected chi connectivity index (χ4v) is 4.22. The SMILES string of the molecule is COC(=O)c1c(NC(=O)c2ccc(Cl)nc2)sc2c1CCCCC2. The summed E-state index contributed by atoms with van der Waals surface area (Å²) >= 11 is 7.21. The second kappa shape index (κ2) is 7.32. The Kier molecular flexibility index (Phi) is 5.16. The number of hydrogen-bond acceptors (Lipinski definition) is 5. The minimum Gasteiger partial charge on any atom is -0.465 e. The topological polar surface area (TPSA) is 68.3 Å². The number of aryl methyl sites for hydroxylation is 1. The Balaban J connectivity index is 1.93. The van der Waals surface area contributed by atoms with E-state index in [9.17, 15) is 9.59 Å². The quantitative estimate of drug-likeness (QED) is 0.505. The van der Waals surface area contributed by atoms with Crippen molar-refractivity contribution in [2.45, 2.75) is 32.1 Å². The van der Waals surface area contributed by atoms with Crippen LogP contribution < -0.4 is 5.32 Å². The Morgan fingerprint density at radius 3 is 2.75 bits per heavy atom. The number of ether oxygens (including phenoxy) is 1. The fourth-order valence-electron chi connectivity index (χ4n) is 2.83. The number of pyridine rings is 1. The lowest BCUT2D eigenvalue weighted by Crippen LogP contribution is -2.14. The molecule has 2 aromatic heterocycles. The molecular weight excluding hydrogens is 348 g/mol. The Labute approximate surface area is 149 Å². The lowest BCUT2D eigenvalue weighted by Gasteiger charge is -2.07. The predicted molar refractivity (Wildman–Crippen MR) is 94.1 cm³/mol. The van der Waals surface area contributed by atoms with Crippen LogP contribution in [0.1, 0.15) is 50.4 Å². The molecule has 3 rings (SSSR count). The number of rotatable bonds is 3. The van der Waals surface area contributed by atoms with Crippen LogP contribution >= 0.6 is 22.9 Å². The summed E-state index contributed by atoms with van der Waals surface area (Å²) in [6.45, 7) is 0. The average Bonchev–Trinajstić information content (AvgIpc) is 2.76. The molecule has 5 nitrogen and oxygen atoms in total. The highest BCUT2D eigenvalue weighted by Gasteiger charge is 2.26. The average molecular weight is 365 g/mol. The number of thiophene rings is 1. The molecule has 0 saturated heterocycles. The van der Waals surface area contributed by atoms with Gasteiger partial charge in [0, 0.05) is 11.1 Å². The molecule has 0 fully saturated rings. The van der Waals surface area contributed by atoms with Gasteiger partial charge >= 0.3 is 5.97 Å². The lowest BCUT2D eigenvalue weighted by molar-refractivity contribution is 0.0601. The van der Waals surface area contributed by atoms with Crippen LogP contribution in [0.25, 0.3) is 0 Å². The summed E-state index contributed by atoms with van der Waals surface area (Å²) in [5, 5.41) is 3.71. The number of nitrogens with one attached hydrogen (secondary N) is 1. The van der Waals surface area contributed by atoms with Crippen molar-refractivity contribution in [1.82, 2.24) is 4.98 Å². The zero-order valence-corrected chi connectivity index (χ0v) is 14.8. The van der Waals surface area contributed by atoms with Gasteiger partial charge in [-0.2, -0.15) is 0 Å². The minimum absolute atomic E-state index is 0.319. The number of nitrogens with zero attached hydrogens (tertiary/aromatic N) is 1. The number of methoxy groups -OCH3 is 1. The summed E-state index contributed by atoms with van der Waals surface area (Å²) in [6, 6.07) is 3.16. The Morgan fingerprint density at radius 2 is 2.04 bits per heavy atom. The van der Waals surface area contributed by atoms with Crippen LogP contribution in [0.5, 0.6) is 0 Å². The minimum atomic E-state index is -0.404. The lowest BCUT2D eigenvalue weighted by atomic mass is 10.1. The van der Waals surface area contributed by atoms with E-state index in [1.807, 2.05) is 0 Å². The molecule has 126 valence electrons. The zero-order chi connectivity index (χ0) is 17.1. The molecule has 2 heterocycles. The molecule has 0 saturated carbocycles. The van der Waals surface area contributed by atoms with E-state index < -0.39 is 5.97 Å². The molecule has 0 radical (unpaired) electrons. The van der Waals surface area contributed by atoms with E-state index >= 15 is 0 Å². The van der Waals surface area contributed by atoms with Crippen LogP contribution in [0.4, 0.5) is 5.00 Å². The van der Waals surface area contributed by atoms with Gasteiger partial charge in [-0.15, -0.1) is 11.3 Å². The van der Waals surface area contributed by atoms with E-state index in [4.69, 9.17) is 16.3 Å². The van der Waals surface area contributed by atoms with Crippen molar-refractivity contribution in [1.29, 1.82) is 0 Å². The van der Waals surface area contributed by atoms with Crippen LogP contribution in [-0.4, -0.2) is 24.0 Å². The van der Waals surface area contributed by atoms with Crippen molar-refractivity contribution in [2.24, 2.45) is 0 Å². The first-order valence-corrected chi connectivity index (χ1v) is 8.95. The summed E-state index contributed by atoms with van der Waals surface area (Å²) in [5.74, 6) is -0.723. The maximum atomic E-state index is 12.4. The molecule has 1 amide bonds. The molecule has 24 heavy (non-hydrogen) atoms. The number of hydrogen-bond donors (Lipinski definition) is 1. The standard InChI is InChI=1S/C17H17ClN2O3S/c1-23-17(22)14-11-5-3-2-4-6-12(11)24-16(14)20-15(21)10-7-8-13(18)19-9-10/h7-9H,2-6H2,1H3,(H,20,21). The number of esters is 1. The molecule has 1 N–H and O–H groups in total. The maximum Gasteiger partial charge on any atom is 0.341 e. The number of carbonyl (C=O) groups excluding carboxylic acids is 2. The number of fused-ring (bicyclic) bond motifs is 1. The molecule has 1 aliphatic rings. The third-order valence-electron chi connectivity index (χ3n) is 4.03. The Morgan fingerprint density at radius 1 is 1.25 bits per heavy atom. The first-order valence-electron chi connectivity index (χ1n) is 7.76. The monoisotopic (exact) mass is 364 g/mol. The fraction of sp³-hybridized carbons (Fsp3) is 0.353. The van der Waals surface area contributed by atoms with E-state index in [-0.39, 0.29) is 5.91 Å². The predicted octanol–water partition coefficient (Wildman–Crippen LogP) is 4.10. The van der Waals surface area contributed by atoms with Gasteiger partial charge in [-0.05, 0) is 43.4 Å². The summed E-state index contributed by atoms with van der Waals surface area (Å²) in [7, 11) is 1.36. The molecule has 2 aromatic rings. The summed E-state index contributed by atoms with van der Waals surface area (Å²) < 4.78 is 4.93. The number of carbonyl (C=O) groups is 2. The van der Waals surface area contributed by atoms with E-state index in [1.165, 1.54) is 24.6 Å². The molecule has 0 unspecified atom stereocenters. The van der Waals surface area contributed by atoms with Gasteiger partial charge in [0.15, 0.2) is 0 Å². The molecule has 0 atom stereocenters. The molecule has 0 aromatic carbocycles. The number of halogens is 1. The molecule has 7 heteroatoms. The van der Waals surface area contributed by atoms with E-state index in [0.29, 0.717) is 21.3 Å².